The highest BCUT2D eigenvalue weighted by atomic mass is 79.9. The molecule has 11 nitrogen and oxygen atoms in total. The molecule has 0 radical (unpaired) electrons. The van der Waals surface area contributed by atoms with E-state index in [4.69, 9.17) is 9.84 Å². The summed E-state index contributed by atoms with van der Waals surface area (Å²) in [5, 5.41) is 28.0. The molecule has 1 heterocycles. The molecule has 1 aromatic heterocycles. The second kappa shape index (κ2) is 11.8. The van der Waals surface area contributed by atoms with Crippen LogP contribution in [0.5, 0.6) is 0 Å². The molecule has 0 unspecified atom stereocenters. The second-order valence-electron chi connectivity index (χ2n) is 7.78. The number of aliphatic hydroxyl groups is 1. The fraction of sp³-hybridized carbons (Fsp3) is 0.364. The zero-order valence-electron chi connectivity index (χ0n) is 18.9. The summed E-state index contributed by atoms with van der Waals surface area (Å²) in [5.41, 5.74) is 2.39. The number of nitro groups is 2. The standard InChI is InChI=1S/C20H20BrN3O4.C2H5NO3/c1-12-4-9-15-17(16(12)21)22-18(23-19(15)25)13-5-7-14(8-6-13)20(2,3)28-11-10-24(26)27;4-2-1-3(5)6/h4-9H,10-11H2,1-3H3,(H,22,23,25);4H,1-2H2. The highest BCUT2D eigenvalue weighted by Gasteiger charge is 2.22. The van der Waals surface area contributed by atoms with Gasteiger partial charge in [0.1, 0.15) is 19.0 Å². The van der Waals surface area contributed by atoms with Crippen molar-refractivity contribution >= 4 is 26.8 Å². The zero-order valence-corrected chi connectivity index (χ0v) is 20.5. The maximum absolute atomic E-state index is 12.4. The van der Waals surface area contributed by atoms with Crippen LogP contribution in [0.1, 0.15) is 25.0 Å². The third kappa shape index (κ3) is 7.14. The Bertz CT molecular complexity index is 1230. The van der Waals surface area contributed by atoms with Crippen molar-refractivity contribution < 1.29 is 19.7 Å². The van der Waals surface area contributed by atoms with Gasteiger partial charge in [0.05, 0.1) is 16.5 Å². The minimum Gasteiger partial charge on any atom is -0.390 e. The number of benzene rings is 2. The van der Waals surface area contributed by atoms with Gasteiger partial charge in [-0.1, -0.05) is 30.3 Å². The highest BCUT2D eigenvalue weighted by Crippen LogP contribution is 2.28. The monoisotopic (exact) mass is 536 g/mol. The lowest BCUT2D eigenvalue weighted by Gasteiger charge is -2.25. The predicted molar refractivity (Wildman–Crippen MR) is 130 cm³/mol. The molecular weight excluding hydrogens is 512 g/mol. The Balaban J connectivity index is 0.000000604. The van der Waals surface area contributed by atoms with Crippen LogP contribution in [-0.2, 0) is 10.3 Å². The van der Waals surface area contributed by atoms with E-state index >= 15 is 0 Å². The molecule has 3 aromatic rings. The maximum Gasteiger partial charge on any atom is 0.259 e. The van der Waals surface area contributed by atoms with E-state index in [9.17, 15) is 25.0 Å². The van der Waals surface area contributed by atoms with Gasteiger partial charge in [-0.05, 0) is 53.9 Å². The largest absolute Gasteiger partial charge is 0.390 e. The van der Waals surface area contributed by atoms with E-state index in [0.29, 0.717) is 16.7 Å². The average Bonchev–Trinajstić information content (AvgIpc) is 2.76. The Morgan fingerprint density at radius 1 is 1.09 bits per heavy atom. The molecular formula is C22H25BrN4O7. The lowest BCUT2D eigenvalue weighted by molar-refractivity contribution is -0.485. The van der Waals surface area contributed by atoms with Gasteiger partial charge in [-0.2, -0.15) is 0 Å². The molecule has 0 aliphatic rings. The van der Waals surface area contributed by atoms with Gasteiger partial charge in [0.15, 0.2) is 0 Å². The highest BCUT2D eigenvalue weighted by molar-refractivity contribution is 9.10. The third-order valence-corrected chi connectivity index (χ3v) is 5.88. The Hall–Kier alpha value is -3.22. The lowest BCUT2D eigenvalue weighted by Crippen LogP contribution is -2.24. The fourth-order valence-corrected chi connectivity index (χ4v) is 3.41. The van der Waals surface area contributed by atoms with Crippen molar-refractivity contribution in [3.63, 3.8) is 0 Å². The second-order valence-corrected chi connectivity index (χ2v) is 8.57. The number of hydrogen-bond donors (Lipinski definition) is 2. The molecule has 0 saturated carbocycles. The molecule has 0 atom stereocenters. The number of nitrogens with zero attached hydrogens (tertiary/aromatic N) is 3. The molecule has 2 aromatic carbocycles. The zero-order chi connectivity index (χ0) is 25.5. The van der Waals surface area contributed by atoms with Crippen LogP contribution in [0.4, 0.5) is 0 Å². The summed E-state index contributed by atoms with van der Waals surface area (Å²) in [5.74, 6) is 0.474. The number of halogens is 1. The van der Waals surface area contributed by atoms with Gasteiger partial charge in [0, 0.05) is 19.9 Å². The first-order chi connectivity index (χ1) is 16.0. The molecule has 0 amide bonds. The van der Waals surface area contributed by atoms with Crippen LogP contribution in [0.25, 0.3) is 22.3 Å². The summed E-state index contributed by atoms with van der Waals surface area (Å²) in [6, 6.07) is 11.1. The molecule has 0 aliphatic heterocycles. The van der Waals surface area contributed by atoms with Gasteiger partial charge >= 0.3 is 0 Å². The van der Waals surface area contributed by atoms with Crippen LogP contribution in [-0.4, -0.2) is 51.2 Å². The molecule has 12 heteroatoms. The molecule has 0 aliphatic carbocycles. The Labute approximate surface area is 203 Å². The summed E-state index contributed by atoms with van der Waals surface area (Å²) in [6.07, 6.45) is 0. The minimum absolute atomic E-state index is 0.0364. The van der Waals surface area contributed by atoms with Crippen molar-refractivity contribution in [1.29, 1.82) is 0 Å². The van der Waals surface area contributed by atoms with Gasteiger partial charge in [0.2, 0.25) is 13.1 Å². The van der Waals surface area contributed by atoms with Crippen LogP contribution in [0.2, 0.25) is 0 Å². The maximum atomic E-state index is 12.4. The SMILES string of the molecule is Cc1ccc2c(=O)[nH]c(-c3ccc(C(C)(C)OCC[N+](=O)[O-])cc3)nc2c1Br.O=[N+]([O-])CCO. The van der Waals surface area contributed by atoms with Crippen molar-refractivity contribution in [3.05, 3.63) is 82.6 Å². The van der Waals surface area contributed by atoms with E-state index < -0.39 is 15.4 Å². The van der Waals surface area contributed by atoms with Gasteiger partial charge in [-0.25, -0.2) is 4.98 Å². The van der Waals surface area contributed by atoms with Gasteiger partial charge < -0.3 is 14.8 Å². The molecule has 2 N–H and O–H groups in total. The number of ether oxygens (including phenoxy) is 1. The average molecular weight is 537 g/mol. The molecule has 34 heavy (non-hydrogen) atoms. The topological polar surface area (TPSA) is 161 Å². The number of nitrogens with one attached hydrogen (secondary N) is 1. The van der Waals surface area contributed by atoms with Crippen molar-refractivity contribution in [2.75, 3.05) is 26.3 Å². The quantitative estimate of drug-likeness (QED) is 0.326. The molecule has 3 rings (SSSR count). The van der Waals surface area contributed by atoms with Gasteiger partial charge in [-0.15, -0.1) is 0 Å². The molecule has 0 saturated heterocycles. The number of aryl methyl sites for hydroxylation is 1. The Morgan fingerprint density at radius 3 is 2.24 bits per heavy atom. The first-order valence-electron chi connectivity index (χ1n) is 10.2. The van der Waals surface area contributed by atoms with E-state index in [0.717, 1.165) is 21.2 Å². The smallest absolute Gasteiger partial charge is 0.259 e. The summed E-state index contributed by atoms with van der Waals surface area (Å²) >= 11 is 3.51. The molecule has 0 fully saturated rings. The number of hydrogen-bond acceptors (Lipinski definition) is 8. The van der Waals surface area contributed by atoms with Gasteiger partial charge in [0.25, 0.3) is 5.56 Å². The van der Waals surface area contributed by atoms with Gasteiger partial charge in [-0.3, -0.25) is 25.0 Å². The van der Waals surface area contributed by atoms with Crippen molar-refractivity contribution in [1.82, 2.24) is 9.97 Å². The van der Waals surface area contributed by atoms with Crippen LogP contribution >= 0.6 is 15.9 Å². The number of fused-ring (bicyclic) bond motifs is 1. The van der Waals surface area contributed by atoms with Crippen molar-refractivity contribution in [2.45, 2.75) is 26.4 Å². The van der Waals surface area contributed by atoms with E-state index in [1.54, 1.807) is 6.07 Å². The summed E-state index contributed by atoms with van der Waals surface area (Å²) in [4.78, 5) is 38.6. The fourth-order valence-electron chi connectivity index (χ4n) is 2.98. The predicted octanol–water partition coefficient (Wildman–Crippen LogP) is 3.44. The minimum atomic E-state index is -0.668. The first-order valence-corrected chi connectivity index (χ1v) is 11.0. The van der Waals surface area contributed by atoms with Crippen LogP contribution in [0, 0.1) is 27.2 Å². The summed E-state index contributed by atoms with van der Waals surface area (Å²) in [6.45, 7) is 4.75. The number of H-pyrrole nitrogens is 1. The summed E-state index contributed by atoms with van der Waals surface area (Å²) in [7, 11) is 0. The number of aromatic amines is 1. The normalized spacial score (nSPS) is 11.1. The summed E-state index contributed by atoms with van der Waals surface area (Å²) < 4.78 is 6.46. The first kappa shape index (κ1) is 27.0. The van der Waals surface area contributed by atoms with E-state index in [-0.39, 0.29) is 31.9 Å². The Kier molecular flexibility index (Phi) is 9.36. The molecule has 0 spiro atoms. The van der Waals surface area contributed by atoms with Crippen LogP contribution < -0.4 is 5.56 Å². The van der Waals surface area contributed by atoms with E-state index in [1.165, 1.54) is 0 Å². The van der Waals surface area contributed by atoms with E-state index in [2.05, 4.69) is 25.9 Å². The van der Waals surface area contributed by atoms with Crippen molar-refractivity contribution in [3.8, 4) is 11.4 Å². The van der Waals surface area contributed by atoms with Crippen molar-refractivity contribution in [2.24, 2.45) is 0 Å². The van der Waals surface area contributed by atoms with Crippen LogP contribution in [0.3, 0.4) is 0 Å². The molecule has 0 bridgehead atoms. The number of aromatic nitrogens is 2. The van der Waals surface area contributed by atoms with E-state index in [1.807, 2.05) is 51.1 Å². The molecule has 182 valence electrons. The number of rotatable bonds is 8. The number of aliphatic hydroxyl groups excluding tert-OH is 1. The lowest BCUT2D eigenvalue weighted by atomic mass is 9.96. The third-order valence-electron chi connectivity index (χ3n) is 4.88. The Morgan fingerprint density at radius 2 is 1.71 bits per heavy atom. The van der Waals surface area contributed by atoms with Crippen LogP contribution in [0.15, 0.2) is 45.7 Å².